The summed E-state index contributed by atoms with van der Waals surface area (Å²) in [6.07, 6.45) is 2.67. The molecule has 1 rings (SSSR count). The van der Waals surface area contributed by atoms with Crippen LogP contribution in [0.5, 0.6) is 0 Å². The second-order valence-corrected chi connectivity index (χ2v) is 7.19. The van der Waals surface area contributed by atoms with Crippen molar-refractivity contribution >= 4 is 22.6 Å². The van der Waals surface area contributed by atoms with Gasteiger partial charge in [0.1, 0.15) is 0 Å². The Morgan fingerprint density at radius 1 is 1.35 bits per heavy atom. The van der Waals surface area contributed by atoms with Crippen LogP contribution in [0, 0.1) is 5.41 Å². The van der Waals surface area contributed by atoms with Gasteiger partial charge in [-0.25, -0.2) is 4.72 Å². The maximum Gasteiger partial charge on any atom is 0.279 e. The Morgan fingerprint density at radius 2 is 1.95 bits per heavy atom. The lowest BCUT2D eigenvalue weighted by molar-refractivity contribution is 0.0574. The van der Waals surface area contributed by atoms with Gasteiger partial charge in [0.05, 0.1) is 6.61 Å². The zero-order valence-corrected chi connectivity index (χ0v) is 14.3. The van der Waals surface area contributed by atoms with Gasteiger partial charge in [0.25, 0.3) is 10.2 Å². The average molecular weight is 330 g/mol. The fourth-order valence-corrected chi connectivity index (χ4v) is 3.56. The number of hydrogen-bond donors (Lipinski definition) is 2. The lowest BCUT2D eigenvalue weighted by atomic mass is 9.80. The second-order valence-electron chi connectivity index (χ2n) is 5.33. The number of rotatable bonds is 8. The maximum atomic E-state index is 12.1. The van der Waals surface area contributed by atoms with Crippen LogP contribution < -0.4 is 10.0 Å². The van der Waals surface area contributed by atoms with Gasteiger partial charge >= 0.3 is 0 Å². The predicted octanol–water partition coefficient (Wildman–Crippen LogP) is 0.601. The van der Waals surface area contributed by atoms with Crippen LogP contribution in [0.4, 0.5) is 0 Å². The lowest BCUT2D eigenvalue weighted by Crippen LogP contribution is -2.49. The number of methoxy groups -OCH3 is 1. The van der Waals surface area contributed by atoms with Crippen LogP contribution in [-0.2, 0) is 14.9 Å². The minimum absolute atomic E-state index is 0. The second kappa shape index (κ2) is 9.17. The van der Waals surface area contributed by atoms with E-state index in [0.717, 1.165) is 32.4 Å². The molecule has 0 aromatic heterocycles. The number of hydrogen-bond acceptors (Lipinski definition) is 4. The first-order valence-corrected chi connectivity index (χ1v) is 8.30. The molecular weight excluding hydrogens is 302 g/mol. The Balaban J connectivity index is 0.00000361. The molecule has 0 saturated carbocycles. The van der Waals surface area contributed by atoms with Crippen LogP contribution in [0.1, 0.15) is 26.2 Å². The average Bonchev–Trinajstić information content (AvgIpc) is 2.38. The minimum Gasteiger partial charge on any atom is -0.384 e. The van der Waals surface area contributed by atoms with Crippen LogP contribution in [0.15, 0.2) is 0 Å². The van der Waals surface area contributed by atoms with Gasteiger partial charge in [-0.3, -0.25) is 0 Å². The van der Waals surface area contributed by atoms with E-state index in [2.05, 4.69) is 10.0 Å². The number of ether oxygens (including phenoxy) is 1. The summed E-state index contributed by atoms with van der Waals surface area (Å²) in [6.45, 7) is 5.36. The molecule has 0 aromatic rings. The van der Waals surface area contributed by atoms with Crippen molar-refractivity contribution in [3.8, 4) is 0 Å². The van der Waals surface area contributed by atoms with Crippen molar-refractivity contribution in [2.75, 3.05) is 46.9 Å². The molecule has 0 unspecified atom stereocenters. The van der Waals surface area contributed by atoms with E-state index in [1.54, 1.807) is 14.2 Å². The fraction of sp³-hybridized carbons (Fsp3) is 1.00. The van der Waals surface area contributed by atoms with Gasteiger partial charge in [-0.05, 0) is 32.4 Å². The van der Waals surface area contributed by atoms with E-state index in [1.807, 2.05) is 6.92 Å². The van der Waals surface area contributed by atoms with Gasteiger partial charge < -0.3 is 10.1 Å². The molecule has 1 heterocycles. The largest absolute Gasteiger partial charge is 0.384 e. The predicted molar refractivity (Wildman–Crippen MR) is 83.5 cm³/mol. The first-order valence-electron chi connectivity index (χ1n) is 6.86. The minimum atomic E-state index is -3.37. The molecule has 8 heteroatoms. The summed E-state index contributed by atoms with van der Waals surface area (Å²) in [4.78, 5) is 0. The van der Waals surface area contributed by atoms with Gasteiger partial charge in [-0.1, -0.05) is 6.92 Å². The number of piperidine rings is 1. The molecule has 0 bridgehead atoms. The van der Waals surface area contributed by atoms with Crippen LogP contribution in [0.25, 0.3) is 0 Å². The van der Waals surface area contributed by atoms with E-state index < -0.39 is 10.2 Å². The first-order chi connectivity index (χ1) is 8.96. The lowest BCUT2D eigenvalue weighted by Gasteiger charge is -2.37. The molecule has 1 saturated heterocycles. The molecule has 122 valence electrons. The summed E-state index contributed by atoms with van der Waals surface area (Å²) in [7, 11) is -0.0943. The van der Waals surface area contributed by atoms with Crippen molar-refractivity contribution < 1.29 is 13.2 Å². The van der Waals surface area contributed by atoms with Crippen molar-refractivity contribution in [3.05, 3.63) is 0 Å². The molecular formula is C12H28ClN3O3S. The van der Waals surface area contributed by atoms with Crippen LogP contribution >= 0.6 is 12.4 Å². The molecule has 20 heavy (non-hydrogen) atoms. The number of nitrogens with one attached hydrogen (secondary N) is 2. The van der Waals surface area contributed by atoms with Gasteiger partial charge in [0, 0.05) is 32.7 Å². The Hall–Kier alpha value is 0.0800. The molecule has 6 nitrogen and oxygen atoms in total. The zero-order chi connectivity index (χ0) is 14.4. The molecule has 1 fully saturated rings. The van der Waals surface area contributed by atoms with Crippen molar-refractivity contribution in [3.63, 3.8) is 0 Å². The summed E-state index contributed by atoms with van der Waals surface area (Å²) < 4.78 is 33.5. The Morgan fingerprint density at radius 3 is 2.45 bits per heavy atom. The standard InChI is InChI=1S/C12H27N3O3S.ClH/c1-4-9-15(2)19(16,17)14-10-12(11-18-3)5-7-13-8-6-12;/h13-14H,4-11H2,1-3H3;1H. The molecule has 0 radical (unpaired) electrons. The van der Waals surface area contributed by atoms with Gasteiger partial charge in [-0.15, -0.1) is 12.4 Å². The Bertz CT molecular complexity index is 353. The number of halogens is 1. The van der Waals surface area contributed by atoms with Crippen molar-refractivity contribution in [1.29, 1.82) is 0 Å². The van der Waals surface area contributed by atoms with Gasteiger partial charge in [0.2, 0.25) is 0 Å². The van der Waals surface area contributed by atoms with E-state index in [9.17, 15) is 8.42 Å². The highest BCUT2D eigenvalue weighted by Crippen LogP contribution is 2.28. The van der Waals surface area contributed by atoms with Gasteiger partial charge in [-0.2, -0.15) is 12.7 Å². The highest BCUT2D eigenvalue weighted by Gasteiger charge is 2.33. The van der Waals surface area contributed by atoms with Crippen molar-refractivity contribution in [2.45, 2.75) is 26.2 Å². The molecule has 0 aliphatic carbocycles. The summed E-state index contributed by atoms with van der Waals surface area (Å²) in [5.74, 6) is 0. The summed E-state index contributed by atoms with van der Waals surface area (Å²) in [5, 5.41) is 3.29. The zero-order valence-electron chi connectivity index (χ0n) is 12.6. The van der Waals surface area contributed by atoms with Crippen LogP contribution in [-0.4, -0.2) is 59.7 Å². The third-order valence-corrected chi connectivity index (χ3v) is 5.21. The SMILES string of the molecule is CCCN(C)S(=O)(=O)NCC1(COC)CCNCC1.Cl. The van der Waals surface area contributed by atoms with Crippen LogP contribution in [0.3, 0.4) is 0 Å². The molecule has 0 spiro atoms. The van der Waals surface area contributed by atoms with E-state index in [1.165, 1.54) is 4.31 Å². The molecule has 0 atom stereocenters. The smallest absolute Gasteiger partial charge is 0.279 e. The summed E-state index contributed by atoms with van der Waals surface area (Å²) in [5.41, 5.74) is -0.0832. The molecule has 1 aliphatic rings. The quantitative estimate of drug-likeness (QED) is 0.684. The fourth-order valence-electron chi connectivity index (χ4n) is 2.42. The molecule has 0 aromatic carbocycles. The summed E-state index contributed by atoms with van der Waals surface area (Å²) in [6, 6.07) is 0. The molecule has 2 N–H and O–H groups in total. The van der Waals surface area contributed by atoms with E-state index >= 15 is 0 Å². The highest BCUT2D eigenvalue weighted by molar-refractivity contribution is 7.87. The Labute approximate surface area is 129 Å². The molecule has 1 aliphatic heterocycles. The normalized spacial score (nSPS) is 18.8. The topological polar surface area (TPSA) is 70.7 Å². The first kappa shape index (κ1) is 20.1. The van der Waals surface area contributed by atoms with Crippen LogP contribution in [0.2, 0.25) is 0 Å². The van der Waals surface area contributed by atoms with Crippen molar-refractivity contribution in [2.24, 2.45) is 5.41 Å². The molecule has 0 amide bonds. The van der Waals surface area contributed by atoms with E-state index in [-0.39, 0.29) is 17.8 Å². The summed E-state index contributed by atoms with van der Waals surface area (Å²) >= 11 is 0. The third-order valence-electron chi connectivity index (χ3n) is 3.69. The highest BCUT2D eigenvalue weighted by atomic mass is 35.5. The number of nitrogens with zero attached hydrogens (tertiary/aromatic N) is 1. The third kappa shape index (κ3) is 5.83. The maximum absolute atomic E-state index is 12.1. The van der Waals surface area contributed by atoms with E-state index in [0.29, 0.717) is 19.7 Å². The Kier molecular flexibility index (Phi) is 9.21. The van der Waals surface area contributed by atoms with Crippen molar-refractivity contribution in [1.82, 2.24) is 14.3 Å². The monoisotopic (exact) mass is 329 g/mol. The van der Waals surface area contributed by atoms with E-state index in [4.69, 9.17) is 4.74 Å². The van der Waals surface area contributed by atoms with Gasteiger partial charge in [0.15, 0.2) is 0 Å².